The maximum absolute atomic E-state index is 3.62. The monoisotopic (exact) mass is 282 g/mol. The molecule has 0 atom stereocenters. The second-order valence-electron chi connectivity index (χ2n) is 5.42. The Morgan fingerprint density at radius 3 is 2.15 bits per heavy atom. The largest absolute Gasteiger partial charge is 0.338 e. The average molecular weight is 282 g/mol. The second-order valence-corrected chi connectivity index (χ2v) is 6.50. The molecule has 0 amide bonds. The van der Waals surface area contributed by atoms with Crippen LogP contribution in [-0.4, -0.2) is 19.1 Å². The number of rotatable bonds is 4. The summed E-state index contributed by atoms with van der Waals surface area (Å²) in [6.07, 6.45) is 2.70. The van der Waals surface area contributed by atoms with Crippen molar-refractivity contribution in [2.45, 2.75) is 28.7 Å². The number of anilines is 2. The molecule has 0 unspecified atom stereocenters. The molecule has 2 nitrogen and oxygen atoms in total. The molecule has 1 aliphatic heterocycles. The predicted molar refractivity (Wildman–Crippen MR) is 85.0 cm³/mol. The molecule has 1 aliphatic carbocycles. The first-order valence-corrected chi connectivity index (χ1v) is 8.10. The molecule has 20 heavy (non-hydrogen) atoms. The molecule has 1 fully saturated rings. The molecule has 3 heteroatoms. The summed E-state index contributed by atoms with van der Waals surface area (Å²) in [4.78, 5) is 5.17. The zero-order valence-corrected chi connectivity index (χ0v) is 12.2. The summed E-state index contributed by atoms with van der Waals surface area (Å²) in [5, 5.41) is 3.62. The number of hydrogen-bond acceptors (Lipinski definition) is 3. The Morgan fingerprint density at radius 1 is 0.950 bits per heavy atom. The minimum absolute atomic E-state index is 0.777. The Balaban J connectivity index is 1.64. The quantitative estimate of drug-likeness (QED) is 0.911. The van der Waals surface area contributed by atoms with E-state index in [0.717, 1.165) is 19.1 Å². The molecular weight excluding hydrogens is 264 g/mol. The molecule has 0 saturated heterocycles. The summed E-state index contributed by atoms with van der Waals surface area (Å²) in [6.45, 7) is 2.09. The first-order chi connectivity index (χ1) is 9.92. The molecule has 2 aromatic rings. The maximum atomic E-state index is 3.62. The van der Waals surface area contributed by atoms with Gasteiger partial charge in [-0.25, -0.2) is 0 Å². The molecule has 102 valence electrons. The van der Waals surface area contributed by atoms with Gasteiger partial charge in [0.1, 0.15) is 0 Å². The van der Waals surface area contributed by atoms with Gasteiger partial charge in [0.15, 0.2) is 0 Å². The molecule has 0 spiro atoms. The third-order valence-electron chi connectivity index (χ3n) is 3.88. The Hall–Kier alpha value is -1.45. The van der Waals surface area contributed by atoms with Crippen molar-refractivity contribution in [3.05, 3.63) is 48.5 Å². The predicted octanol–water partition coefficient (Wildman–Crippen LogP) is 4.04. The zero-order valence-electron chi connectivity index (χ0n) is 11.4. The molecule has 2 aliphatic rings. The summed E-state index contributed by atoms with van der Waals surface area (Å²) in [5.74, 6) is 0. The lowest BCUT2D eigenvalue weighted by Crippen LogP contribution is -2.31. The standard InChI is InChI=1S/C17H18N2S/c1-3-7-16-14(5-1)19(12-11-18-13-9-10-13)15-6-2-4-8-17(15)20-16/h1-8,13,18H,9-12H2. The van der Waals surface area contributed by atoms with Crippen LogP contribution in [0.2, 0.25) is 0 Å². The van der Waals surface area contributed by atoms with Crippen LogP contribution >= 0.6 is 11.8 Å². The highest BCUT2D eigenvalue weighted by molar-refractivity contribution is 7.99. The summed E-state index contributed by atoms with van der Waals surface area (Å²) in [7, 11) is 0. The summed E-state index contributed by atoms with van der Waals surface area (Å²) >= 11 is 1.88. The second kappa shape index (κ2) is 5.15. The van der Waals surface area contributed by atoms with E-state index in [1.54, 1.807) is 0 Å². The van der Waals surface area contributed by atoms with Crippen molar-refractivity contribution in [3.8, 4) is 0 Å². The smallest absolute Gasteiger partial charge is 0.0553 e. The number of fused-ring (bicyclic) bond motifs is 2. The first-order valence-electron chi connectivity index (χ1n) is 7.29. The van der Waals surface area contributed by atoms with E-state index in [4.69, 9.17) is 0 Å². The van der Waals surface area contributed by atoms with Gasteiger partial charge in [-0.1, -0.05) is 36.0 Å². The Kier molecular flexibility index (Phi) is 3.17. The van der Waals surface area contributed by atoms with Gasteiger partial charge in [-0.2, -0.15) is 0 Å². The highest BCUT2D eigenvalue weighted by atomic mass is 32.2. The lowest BCUT2D eigenvalue weighted by molar-refractivity contribution is 0.680. The van der Waals surface area contributed by atoms with Crippen molar-refractivity contribution in [1.82, 2.24) is 5.32 Å². The van der Waals surface area contributed by atoms with Crippen molar-refractivity contribution in [2.75, 3.05) is 18.0 Å². The van der Waals surface area contributed by atoms with Gasteiger partial charge < -0.3 is 10.2 Å². The van der Waals surface area contributed by atoms with Crippen LogP contribution in [0.5, 0.6) is 0 Å². The highest BCUT2D eigenvalue weighted by Crippen LogP contribution is 2.47. The summed E-state index contributed by atoms with van der Waals surface area (Å²) in [6, 6.07) is 18.2. The summed E-state index contributed by atoms with van der Waals surface area (Å²) in [5.41, 5.74) is 2.68. The van der Waals surface area contributed by atoms with Gasteiger partial charge in [0, 0.05) is 28.9 Å². The van der Waals surface area contributed by atoms with E-state index in [9.17, 15) is 0 Å². The van der Waals surface area contributed by atoms with E-state index in [-0.39, 0.29) is 0 Å². The average Bonchev–Trinajstić information content (AvgIpc) is 3.31. The fraction of sp³-hybridized carbons (Fsp3) is 0.294. The topological polar surface area (TPSA) is 15.3 Å². The molecule has 0 aromatic heterocycles. The van der Waals surface area contributed by atoms with Gasteiger partial charge in [-0.15, -0.1) is 0 Å². The number of nitrogens with zero attached hydrogens (tertiary/aromatic N) is 1. The van der Waals surface area contributed by atoms with Gasteiger partial charge in [0.25, 0.3) is 0 Å². The van der Waals surface area contributed by atoms with Crippen LogP contribution < -0.4 is 10.2 Å². The van der Waals surface area contributed by atoms with Crippen LogP contribution in [0.15, 0.2) is 58.3 Å². The lowest BCUT2D eigenvalue weighted by Gasteiger charge is -2.32. The minimum Gasteiger partial charge on any atom is -0.338 e. The molecule has 1 heterocycles. The molecule has 0 radical (unpaired) electrons. The summed E-state index contributed by atoms with van der Waals surface area (Å²) < 4.78 is 0. The van der Waals surface area contributed by atoms with Crippen LogP contribution in [0.4, 0.5) is 11.4 Å². The van der Waals surface area contributed by atoms with Gasteiger partial charge in [-0.3, -0.25) is 0 Å². The van der Waals surface area contributed by atoms with Gasteiger partial charge >= 0.3 is 0 Å². The molecule has 2 aromatic carbocycles. The van der Waals surface area contributed by atoms with Crippen LogP contribution in [0.1, 0.15) is 12.8 Å². The minimum atomic E-state index is 0.777. The number of benzene rings is 2. The maximum Gasteiger partial charge on any atom is 0.0553 e. The van der Waals surface area contributed by atoms with Gasteiger partial charge in [-0.05, 0) is 37.1 Å². The molecule has 1 saturated carbocycles. The van der Waals surface area contributed by atoms with Crippen molar-refractivity contribution >= 4 is 23.1 Å². The van der Waals surface area contributed by atoms with E-state index in [0.29, 0.717) is 0 Å². The van der Waals surface area contributed by atoms with Crippen LogP contribution in [-0.2, 0) is 0 Å². The van der Waals surface area contributed by atoms with Crippen molar-refractivity contribution in [1.29, 1.82) is 0 Å². The fourth-order valence-corrected chi connectivity index (χ4v) is 3.79. The number of hydrogen-bond donors (Lipinski definition) is 1. The molecule has 1 N–H and O–H groups in total. The Labute approximate surface area is 124 Å². The molecule has 0 bridgehead atoms. The normalized spacial score (nSPS) is 16.7. The van der Waals surface area contributed by atoms with Gasteiger partial charge in [0.05, 0.1) is 11.4 Å². The van der Waals surface area contributed by atoms with Crippen molar-refractivity contribution < 1.29 is 0 Å². The van der Waals surface area contributed by atoms with E-state index in [1.807, 2.05) is 11.8 Å². The third-order valence-corrected chi connectivity index (χ3v) is 5.01. The third kappa shape index (κ3) is 2.32. The highest BCUT2D eigenvalue weighted by Gasteiger charge is 2.24. The first kappa shape index (κ1) is 12.3. The lowest BCUT2D eigenvalue weighted by atomic mass is 10.2. The zero-order chi connectivity index (χ0) is 13.4. The number of nitrogens with one attached hydrogen (secondary N) is 1. The van der Waals surface area contributed by atoms with Crippen molar-refractivity contribution in [3.63, 3.8) is 0 Å². The van der Waals surface area contributed by atoms with E-state index >= 15 is 0 Å². The fourth-order valence-electron chi connectivity index (χ4n) is 2.69. The SMILES string of the molecule is c1ccc2c(c1)Sc1ccccc1N2CCNC1CC1. The number of para-hydroxylation sites is 2. The van der Waals surface area contributed by atoms with E-state index in [1.165, 1.54) is 34.0 Å². The van der Waals surface area contributed by atoms with E-state index in [2.05, 4.69) is 58.7 Å². The van der Waals surface area contributed by atoms with Crippen molar-refractivity contribution in [2.24, 2.45) is 0 Å². The van der Waals surface area contributed by atoms with E-state index < -0.39 is 0 Å². The Bertz CT molecular complexity index is 576. The van der Waals surface area contributed by atoms with Gasteiger partial charge in [0.2, 0.25) is 0 Å². The van der Waals surface area contributed by atoms with Crippen LogP contribution in [0.25, 0.3) is 0 Å². The molecule has 4 rings (SSSR count). The molecular formula is C17H18N2S. The van der Waals surface area contributed by atoms with Crippen LogP contribution in [0, 0.1) is 0 Å². The Morgan fingerprint density at radius 2 is 1.55 bits per heavy atom. The van der Waals surface area contributed by atoms with Crippen LogP contribution in [0.3, 0.4) is 0 Å².